The van der Waals surface area contributed by atoms with E-state index in [0.717, 1.165) is 0 Å². The average molecular weight is 244 g/mol. The zero-order valence-electron chi connectivity index (χ0n) is 9.16. The van der Waals surface area contributed by atoms with Crippen LogP contribution in [0.15, 0.2) is 34.5 Å². The molecule has 92 valence electrons. The van der Waals surface area contributed by atoms with E-state index in [4.69, 9.17) is 4.74 Å². The zero-order valence-corrected chi connectivity index (χ0v) is 9.16. The third-order valence-corrected chi connectivity index (χ3v) is 2.84. The lowest BCUT2D eigenvalue weighted by atomic mass is 9.87. The first-order valence-electron chi connectivity index (χ1n) is 5.10. The number of ether oxygens (including phenoxy) is 1. The summed E-state index contributed by atoms with van der Waals surface area (Å²) in [6.07, 6.45) is -4.64. The Morgan fingerprint density at radius 1 is 1.29 bits per heavy atom. The molecule has 0 fully saturated rings. The number of azo groups is 1. The van der Waals surface area contributed by atoms with Crippen molar-refractivity contribution in [3.05, 3.63) is 29.8 Å². The maximum absolute atomic E-state index is 13.2. The fourth-order valence-corrected chi connectivity index (χ4v) is 1.96. The van der Waals surface area contributed by atoms with Crippen molar-refractivity contribution in [1.82, 2.24) is 0 Å². The van der Waals surface area contributed by atoms with E-state index in [0.29, 0.717) is 0 Å². The summed E-state index contributed by atoms with van der Waals surface area (Å²) in [6, 6.07) is 6.05. The topological polar surface area (TPSA) is 34.0 Å². The van der Waals surface area contributed by atoms with Crippen molar-refractivity contribution in [3.8, 4) is 5.75 Å². The van der Waals surface area contributed by atoms with E-state index in [2.05, 4.69) is 10.2 Å². The maximum Gasteiger partial charge on any atom is 0.419 e. The fraction of sp³-hybridized carbons (Fsp3) is 0.455. The van der Waals surface area contributed by atoms with Crippen LogP contribution in [0.25, 0.3) is 0 Å². The van der Waals surface area contributed by atoms with Crippen LogP contribution in [0.2, 0.25) is 0 Å². The van der Waals surface area contributed by atoms with Crippen molar-refractivity contribution >= 4 is 0 Å². The summed E-state index contributed by atoms with van der Waals surface area (Å²) in [4.78, 5) is 0. The Kier molecular flexibility index (Phi) is 2.81. The molecule has 2 rings (SSSR count). The Morgan fingerprint density at radius 2 is 2.00 bits per heavy atom. The molecule has 0 amide bonds. The molecule has 1 aromatic rings. The number of rotatable bonds is 2. The van der Waals surface area contributed by atoms with Crippen molar-refractivity contribution in [2.75, 3.05) is 13.7 Å². The summed E-state index contributed by atoms with van der Waals surface area (Å²) in [5.74, 6) is 0.186. The first kappa shape index (κ1) is 11.9. The quantitative estimate of drug-likeness (QED) is 0.785. The Bertz CT molecular complexity index is 445. The smallest absolute Gasteiger partial charge is 0.419 e. The lowest BCUT2D eigenvalue weighted by molar-refractivity contribution is -0.188. The van der Waals surface area contributed by atoms with Crippen molar-refractivity contribution in [2.24, 2.45) is 10.2 Å². The predicted molar refractivity (Wildman–Crippen MR) is 55.1 cm³/mol. The van der Waals surface area contributed by atoms with E-state index < -0.39 is 11.7 Å². The van der Waals surface area contributed by atoms with E-state index in [9.17, 15) is 13.2 Å². The lowest BCUT2D eigenvalue weighted by Crippen LogP contribution is -2.39. The number of methoxy groups -OCH3 is 1. The minimum atomic E-state index is -4.47. The highest BCUT2D eigenvalue weighted by atomic mass is 19.4. The highest BCUT2D eigenvalue weighted by molar-refractivity contribution is 5.41. The van der Waals surface area contributed by atoms with Crippen LogP contribution in [0, 0.1) is 0 Å². The second-order valence-electron chi connectivity index (χ2n) is 3.77. The molecule has 1 aliphatic rings. The molecule has 0 radical (unpaired) electrons. The summed E-state index contributed by atoms with van der Waals surface area (Å²) in [5.41, 5.74) is -2.23. The van der Waals surface area contributed by atoms with Gasteiger partial charge in [-0.3, -0.25) is 0 Å². The first-order valence-corrected chi connectivity index (χ1v) is 5.10. The number of hydrogen-bond donors (Lipinski definition) is 0. The maximum atomic E-state index is 13.2. The third kappa shape index (κ3) is 1.77. The highest BCUT2D eigenvalue weighted by Gasteiger charge is 2.59. The van der Waals surface area contributed by atoms with Crippen LogP contribution < -0.4 is 4.74 Å². The number of para-hydroxylation sites is 1. The molecule has 17 heavy (non-hydrogen) atoms. The molecule has 0 aliphatic carbocycles. The summed E-state index contributed by atoms with van der Waals surface area (Å²) < 4.78 is 44.6. The molecule has 0 saturated carbocycles. The average Bonchev–Trinajstić information content (AvgIpc) is 2.78. The zero-order chi connectivity index (χ0) is 12.5. The molecule has 1 unspecified atom stereocenters. The van der Waals surface area contributed by atoms with Gasteiger partial charge in [-0.05, 0) is 6.07 Å². The van der Waals surface area contributed by atoms with Gasteiger partial charge in [0.25, 0.3) is 0 Å². The highest BCUT2D eigenvalue weighted by Crippen LogP contribution is 2.50. The molecule has 1 atom stereocenters. The fourth-order valence-electron chi connectivity index (χ4n) is 1.96. The second-order valence-corrected chi connectivity index (χ2v) is 3.77. The van der Waals surface area contributed by atoms with Crippen LogP contribution in [-0.4, -0.2) is 19.8 Å². The largest absolute Gasteiger partial charge is 0.496 e. The van der Waals surface area contributed by atoms with Gasteiger partial charge < -0.3 is 4.74 Å². The lowest BCUT2D eigenvalue weighted by Gasteiger charge is -2.28. The Hall–Kier alpha value is -1.59. The van der Waals surface area contributed by atoms with Gasteiger partial charge in [-0.25, -0.2) is 0 Å². The molecule has 1 aliphatic heterocycles. The van der Waals surface area contributed by atoms with Gasteiger partial charge in [0.15, 0.2) is 0 Å². The molecule has 0 N–H and O–H groups in total. The molecular weight excluding hydrogens is 233 g/mol. The Labute approximate surface area is 96.3 Å². The summed E-state index contributed by atoms with van der Waals surface area (Å²) in [6.45, 7) is 0.0809. The first-order chi connectivity index (χ1) is 8.01. The van der Waals surface area contributed by atoms with Gasteiger partial charge >= 0.3 is 6.18 Å². The van der Waals surface area contributed by atoms with Crippen LogP contribution >= 0.6 is 0 Å². The molecule has 1 aromatic carbocycles. The molecule has 6 heteroatoms. The molecule has 1 heterocycles. The molecular formula is C11H11F3N2O. The monoisotopic (exact) mass is 244 g/mol. The number of halogens is 3. The van der Waals surface area contributed by atoms with Gasteiger partial charge in [-0.2, -0.15) is 23.4 Å². The Balaban J connectivity index is 2.58. The van der Waals surface area contributed by atoms with Crippen LogP contribution in [-0.2, 0) is 5.54 Å². The molecule has 0 spiro atoms. The Morgan fingerprint density at radius 3 is 2.53 bits per heavy atom. The van der Waals surface area contributed by atoms with E-state index >= 15 is 0 Å². The van der Waals surface area contributed by atoms with Gasteiger partial charge in [0.05, 0.1) is 13.7 Å². The molecule has 0 bridgehead atoms. The van der Waals surface area contributed by atoms with Gasteiger partial charge in [-0.1, -0.05) is 18.2 Å². The second kappa shape index (κ2) is 4.01. The number of benzene rings is 1. The van der Waals surface area contributed by atoms with Crippen molar-refractivity contribution < 1.29 is 17.9 Å². The normalized spacial score (nSPS) is 24.0. The van der Waals surface area contributed by atoms with E-state index in [1.807, 2.05) is 0 Å². The van der Waals surface area contributed by atoms with Crippen LogP contribution in [0.1, 0.15) is 12.0 Å². The summed E-state index contributed by atoms with van der Waals surface area (Å²) in [5, 5.41) is 6.94. The summed E-state index contributed by atoms with van der Waals surface area (Å²) in [7, 11) is 1.34. The standard InChI is InChI=1S/C11H11F3N2O/c1-17-9-5-3-2-4-8(9)10(11(12,13)14)6-7-15-16-10/h2-5H,6-7H2,1H3. The molecule has 3 nitrogen and oxygen atoms in total. The van der Waals surface area contributed by atoms with Crippen LogP contribution in [0.5, 0.6) is 5.75 Å². The predicted octanol–water partition coefficient (Wildman–Crippen LogP) is 3.31. The van der Waals surface area contributed by atoms with E-state index in [-0.39, 0.29) is 24.3 Å². The minimum absolute atomic E-state index is 0.0243. The van der Waals surface area contributed by atoms with Gasteiger partial charge in [0.2, 0.25) is 5.54 Å². The van der Waals surface area contributed by atoms with Crippen molar-refractivity contribution in [1.29, 1.82) is 0 Å². The van der Waals surface area contributed by atoms with E-state index in [1.54, 1.807) is 12.1 Å². The SMILES string of the molecule is COc1ccccc1C1(C(F)(F)F)CCN=N1. The number of nitrogens with zero attached hydrogens (tertiary/aromatic N) is 2. The van der Waals surface area contributed by atoms with Gasteiger partial charge in [0.1, 0.15) is 5.75 Å². The van der Waals surface area contributed by atoms with Crippen molar-refractivity contribution in [2.45, 2.75) is 18.1 Å². The molecule has 0 saturated heterocycles. The van der Waals surface area contributed by atoms with Gasteiger partial charge in [-0.15, -0.1) is 0 Å². The third-order valence-electron chi connectivity index (χ3n) is 2.84. The number of alkyl halides is 3. The summed E-state index contributed by atoms with van der Waals surface area (Å²) >= 11 is 0. The van der Waals surface area contributed by atoms with Crippen LogP contribution in [0.4, 0.5) is 13.2 Å². The molecule has 0 aromatic heterocycles. The minimum Gasteiger partial charge on any atom is -0.496 e. The van der Waals surface area contributed by atoms with Crippen LogP contribution in [0.3, 0.4) is 0 Å². The number of hydrogen-bond acceptors (Lipinski definition) is 3. The van der Waals surface area contributed by atoms with Gasteiger partial charge in [0, 0.05) is 12.0 Å². The van der Waals surface area contributed by atoms with E-state index in [1.165, 1.54) is 19.2 Å². The van der Waals surface area contributed by atoms with Crippen molar-refractivity contribution in [3.63, 3.8) is 0 Å².